The lowest BCUT2D eigenvalue weighted by Gasteiger charge is -2.26. The van der Waals surface area contributed by atoms with Crippen LogP contribution in [-0.2, 0) is 17.8 Å². The van der Waals surface area contributed by atoms with Gasteiger partial charge in [-0.25, -0.2) is 4.79 Å². The molecule has 0 aliphatic carbocycles. The van der Waals surface area contributed by atoms with Gasteiger partial charge in [0.2, 0.25) is 0 Å². The zero-order chi connectivity index (χ0) is 17.5. The Morgan fingerprint density at radius 2 is 2.00 bits per heavy atom. The maximum Gasteiger partial charge on any atom is 0.407 e. The predicted molar refractivity (Wildman–Crippen MR) is 92.3 cm³/mol. The monoisotopic (exact) mass is 324 g/mol. The van der Waals surface area contributed by atoms with Crippen LogP contribution in [0.5, 0.6) is 0 Å². The van der Waals surface area contributed by atoms with Crippen LogP contribution >= 0.6 is 0 Å². The van der Waals surface area contributed by atoms with Crippen LogP contribution in [0.15, 0.2) is 12.4 Å². The second-order valence-corrected chi connectivity index (χ2v) is 7.47. The Balaban J connectivity index is 2.23. The van der Waals surface area contributed by atoms with Crippen LogP contribution < -0.4 is 10.6 Å². The van der Waals surface area contributed by atoms with E-state index in [9.17, 15) is 4.79 Å². The first kappa shape index (κ1) is 19.5. The molecule has 0 saturated carbocycles. The van der Waals surface area contributed by atoms with Crippen molar-refractivity contribution in [3.8, 4) is 0 Å². The molecule has 0 fully saturated rings. The number of carbonyl (C=O) groups is 1. The normalized spacial score (nSPS) is 12.3. The molecule has 2 N–H and O–H groups in total. The zero-order valence-corrected chi connectivity index (χ0v) is 15.4. The number of alkyl carbamates (subject to hydrolysis) is 1. The van der Waals surface area contributed by atoms with Crippen molar-refractivity contribution in [2.75, 3.05) is 6.54 Å². The van der Waals surface area contributed by atoms with E-state index in [1.807, 2.05) is 31.6 Å². The molecule has 6 nitrogen and oxygen atoms in total. The molecule has 132 valence electrons. The van der Waals surface area contributed by atoms with E-state index in [4.69, 9.17) is 4.74 Å². The minimum Gasteiger partial charge on any atom is -0.444 e. The lowest BCUT2D eigenvalue weighted by atomic mass is 9.98. The maximum atomic E-state index is 11.6. The highest BCUT2D eigenvalue weighted by molar-refractivity contribution is 5.67. The summed E-state index contributed by atoms with van der Waals surface area (Å²) >= 11 is 0. The highest BCUT2D eigenvalue weighted by Gasteiger charge is 2.18. The first-order chi connectivity index (χ1) is 10.6. The zero-order valence-electron chi connectivity index (χ0n) is 15.4. The van der Waals surface area contributed by atoms with Gasteiger partial charge in [0.05, 0.1) is 6.20 Å². The van der Waals surface area contributed by atoms with Crippen LogP contribution in [-0.4, -0.2) is 33.6 Å². The number of rotatable bonds is 8. The SMILES string of the molecule is CCn1cc(CNC(C)(C)CCCNC(=O)OC(C)(C)C)cn1. The summed E-state index contributed by atoms with van der Waals surface area (Å²) in [6, 6.07) is 0. The van der Waals surface area contributed by atoms with E-state index in [-0.39, 0.29) is 11.6 Å². The molecule has 0 radical (unpaired) electrons. The predicted octanol–water partition coefficient (Wildman–Crippen LogP) is 3.08. The quantitative estimate of drug-likeness (QED) is 0.721. The molecule has 1 rings (SSSR count). The highest BCUT2D eigenvalue weighted by atomic mass is 16.6. The molecule has 0 saturated heterocycles. The molecule has 6 heteroatoms. The number of hydrogen-bond donors (Lipinski definition) is 2. The van der Waals surface area contributed by atoms with Gasteiger partial charge in [0.15, 0.2) is 0 Å². The number of nitrogens with one attached hydrogen (secondary N) is 2. The Bertz CT molecular complexity index is 489. The fraction of sp³-hybridized carbons (Fsp3) is 0.765. The number of aryl methyl sites for hydroxylation is 1. The van der Waals surface area contributed by atoms with Gasteiger partial charge in [-0.1, -0.05) is 0 Å². The summed E-state index contributed by atoms with van der Waals surface area (Å²) in [5.41, 5.74) is 0.740. The van der Waals surface area contributed by atoms with Crippen LogP contribution in [0, 0.1) is 0 Å². The molecule has 0 aromatic carbocycles. The second kappa shape index (κ2) is 8.34. The molecule has 0 unspecified atom stereocenters. The number of carbonyl (C=O) groups excluding carboxylic acids is 1. The van der Waals surface area contributed by atoms with E-state index in [2.05, 4.69) is 42.7 Å². The summed E-state index contributed by atoms with van der Waals surface area (Å²) in [6.07, 6.45) is 5.47. The van der Waals surface area contributed by atoms with Gasteiger partial charge in [-0.2, -0.15) is 5.10 Å². The average molecular weight is 324 g/mol. The minimum atomic E-state index is -0.451. The van der Waals surface area contributed by atoms with Crippen molar-refractivity contribution >= 4 is 6.09 Å². The summed E-state index contributed by atoms with van der Waals surface area (Å²) in [4.78, 5) is 11.6. The van der Waals surface area contributed by atoms with Crippen LogP contribution in [0.2, 0.25) is 0 Å². The third-order valence-corrected chi connectivity index (χ3v) is 3.43. The number of aromatic nitrogens is 2. The summed E-state index contributed by atoms with van der Waals surface area (Å²) in [7, 11) is 0. The molecule has 0 spiro atoms. The van der Waals surface area contributed by atoms with Gasteiger partial charge < -0.3 is 15.4 Å². The van der Waals surface area contributed by atoms with Gasteiger partial charge in [0.25, 0.3) is 0 Å². The standard InChI is InChI=1S/C17H32N4O2/c1-7-21-13-14(12-20-21)11-19-17(5,6)9-8-10-18-15(22)23-16(2,3)4/h12-13,19H,7-11H2,1-6H3,(H,18,22). The van der Waals surface area contributed by atoms with E-state index < -0.39 is 5.60 Å². The summed E-state index contributed by atoms with van der Waals surface area (Å²) < 4.78 is 7.14. The van der Waals surface area contributed by atoms with Gasteiger partial charge in [-0.3, -0.25) is 4.68 Å². The molecule has 1 aromatic rings. The molecule has 1 amide bonds. The molecule has 23 heavy (non-hydrogen) atoms. The van der Waals surface area contributed by atoms with Gasteiger partial charge in [0.1, 0.15) is 5.60 Å². The van der Waals surface area contributed by atoms with Gasteiger partial charge in [0, 0.05) is 36.9 Å². The van der Waals surface area contributed by atoms with E-state index in [0.29, 0.717) is 6.54 Å². The summed E-state index contributed by atoms with van der Waals surface area (Å²) in [5, 5.41) is 10.6. The van der Waals surface area contributed by atoms with Crippen molar-refractivity contribution in [3.05, 3.63) is 18.0 Å². The fourth-order valence-electron chi connectivity index (χ4n) is 2.14. The number of hydrogen-bond acceptors (Lipinski definition) is 4. The Labute approximate surface area is 140 Å². The van der Waals surface area contributed by atoms with Crippen LogP contribution in [0.25, 0.3) is 0 Å². The molecule has 1 heterocycles. The lowest BCUT2D eigenvalue weighted by molar-refractivity contribution is 0.0526. The van der Waals surface area contributed by atoms with E-state index in [1.54, 1.807) is 0 Å². The van der Waals surface area contributed by atoms with Crippen molar-refractivity contribution < 1.29 is 9.53 Å². The Kier molecular flexibility index (Phi) is 7.06. The summed E-state index contributed by atoms with van der Waals surface area (Å²) in [5.74, 6) is 0. The highest BCUT2D eigenvalue weighted by Crippen LogP contribution is 2.12. The Morgan fingerprint density at radius 3 is 2.57 bits per heavy atom. The minimum absolute atomic E-state index is 0.00390. The van der Waals surface area contributed by atoms with Crippen LogP contribution in [0.3, 0.4) is 0 Å². The number of amides is 1. The average Bonchev–Trinajstić information content (AvgIpc) is 2.88. The lowest BCUT2D eigenvalue weighted by Crippen LogP contribution is -2.39. The van der Waals surface area contributed by atoms with Gasteiger partial charge in [-0.15, -0.1) is 0 Å². The molecular weight excluding hydrogens is 292 g/mol. The third kappa shape index (κ3) is 8.59. The molecular formula is C17H32N4O2. The largest absolute Gasteiger partial charge is 0.444 e. The molecule has 0 bridgehead atoms. The first-order valence-electron chi connectivity index (χ1n) is 8.34. The molecule has 0 aliphatic rings. The fourth-order valence-corrected chi connectivity index (χ4v) is 2.14. The van der Waals surface area contributed by atoms with Crippen molar-refractivity contribution in [2.24, 2.45) is 0 Å². The van der Waals surface area contributed by atoms with Crippen LogP contribution in [0.1, 0.15) is 59.9 Å². The Hall–Kier alpha value is -1.56. The van der Waals surface area contributed by atoms with E-state index >= 15 is 0 Å². The third-order valence-electron chi connectivity index (χ3n) is 3.43. The van der Waals surface area contributed by atoms with Crippen molar-refractivity contribution in [2.45, 2.75) is 78.6 Å². The first-order valence-corrected chi connectivity index (χ1v) is 8.34. The van der Waals surface area contributed by atoms with E-state index in [0.717, 1.165) is 25.9 Å². The topological polar surface area (TPSA) is 68.2 Å². The Morgan fingerprint density at radius 1 is 1.30 bits per heavy atom. The molecule has 0 aliphatic heterocycles. The summed E-state index contributed by atoms with van der Waals surface area (Å²) in [6.45, 7) is 14.3. The maximum absolute atomic E-state index is 11.6. The molecule has 0 atom stereocenters. The molecule has 1 aromatic heterocycles. The van der Waals surface area contributed by atoms with Gasteiger partial charge >= 0.3 is 6.09 Å². The van der Waals surface area contributed by atoms with Crippen LogP contribution in [0.4, 0.5) is 4.79 Å². The van der Waals surface area contributed by atoms with Crippen molar-refractivity contribution in [1.29, 1.82) is 0 Å². The smallest absolute Gasteiger partial charge is 0.407 e. The van der Waals surface area contributed by atoms with Gasteiger partial charge in [-0.05, 0) is 54.4 Å². The van der Waals surface area contributed by atoms with Crippen molar-refractivity contribution in [1.82, 2.24) is 20.4 Å². The number of ether oxygens (including phenoxy) is 1. The second-order valence-electron chi connectivity index (χ2n) is 7.47. The van der Waals surface area contributed by atoms with E-state index in [1.165, 1.54) is 5.56 Å². The van der Waals surface area contributed by atoms with Crippen molar-refractivity contribution in [3.63, 3.8) is 0 Å². The number of nitrogens with zero attached hydrogens (tertiary/aromatic N) is 2.